The van der Waals surface area contributed by atoms with Crippen molar-refractivity contribution in [3.63, 3.8) is 0 Å². The van der Waals surface area contributed by atoms with Gasteiger partial charge in [-0.2, -0.15) is 0 Å². The Balaban J connectivity index is 1.69. The summed E-state index contributed by atoms with van der Waals surface area (Å²) in [6.07, 6.45) is 1.84. The number of anilines is 1. The number of aromatic nitrogens is 3. The summed E-state index contributed by atoms with van der Waals surface area (Å²) in [4.78, 5) is 16.2. The first-order valence-corrected chi connectivity index (χ1v) is 8.74. The van der Waals surface area contributed by atoms with E-state index in [-0.39, 0.29) is 0 Å². The molecule has 25 heavy (non-hydrogen) atoms. The zero-order valence-electron chi connectivity index (χ0n) is 14.2. The van der Waals surface area contributed by atoms with E-state index >= 15 is 0 Å². The van der Waals surface area contributed by atoms with Gasteiger partial charge in [0.05, 0.1) is 24.8 Å². The topological polar surface area (TPSA) is 51.1 Å². The van der Waals surface area contributed by atoms with E-state index in [0.717, 1.165) is 47.7 Å². The Morgan fingerprint density at radius 2 is 2.08 bits per heavy atom. The van der Waals surface area contributed by atoms with Crippen LogP contribution in [0.1, 0.15) is 12.6 Å². The van der Waals surface area contributed by atoms with Gasteiger partial charge in [-0.25, -0.2) is 15.0 Å². The van der Waals surface area contributed by atoms with Crippen molar-refractivity contribution in [2.75, 3.05) is 24.7 Å². The van der Waals surface area contributed by atoms with Crippen LogP contribution in [0, 0.1) is 6.92 Å². The molecule has 3 heterocycles. The molecule has 0 N–H and O–H groups in total. The fourth-order valence-corrected chi connectivity index (χ4v) is 3.31. The molecule has 3 aromatic rings. The molecule has 1 fully saturated rings. The van der Waals surface area contributed by atoms with Gasteiger partial charge in [-0.05, 0) is 44.2 Å². The normalized spacial score (nSPS) is 17.9. The molecule has 0 aliphatic carbocycles. The highest BCUT2D eigenvalue weighted by molar-refractivity contribution is 6.31. The van der Waals surface area contributed by atoms with Crippen LogP contribution >= 0.6 is 11.6 Å². The van der Waals surface area contributed by atoms with Gasteiger partial charge < -0.3 is 9.64 Å². The minimum Gasteiger partial charge on any atom is -0.377 e. The predicted molar refractivity (Wildman–Crippen MR) is 100 cm³/mol. The molecule has 0 spiro atoms. The van der Waals surface area contributed by atoms with Crippen LogP contribution in [-0.2, 0) is 4.74 Å². The number of fused-ring (bicyclic) bond motifs is 1. The maximum atomic E-state index is 6.10. The van der Waals surface area contributed by atoms with Gasteiger partial charge in [0.1, 0.15) is 5.82 Å². The monoisotopic (exact) mass is 354 g/mol. The smallest absolute Gasteiger partial charge is 0.161 e. The first kappa shape index (κ1) is 16.2. The van der Waals surface area contributed by atoms with Crippen LogP contribution in [0.5, 0.6) is 0 Å². The molecular weight excluding hydrogens is 336 g/mol. The number of halogens is 1. The zero-order valence-corrected chi connectivity index (χ0v) is 15.0. The van der Waals surface area contributed by atoms with Gasteiger partial charge in [-0.15, -0.1) is 0 Å². The third-order valence-electron chi connectivity index (χ3n) is 4.52. The highest BCUT2D eigenvalue weighted by Crippen LogP contribution is 2.25. The highest BCUT2D eigenvalue weighted by Gasteiger charge is 2.20. The maximum Gasteiger partial charge on any atom is 0.161 e. The van der Waals surface area contributed by atoms with Crippen molar-refractivity contribution >= 4 is 28.3 Å². The molecule has 1 aliphatic heterocycles. The Labute approximate surface area is 151 Å². The molecule has 0 saturated carbocycles. The van der Waals surface area contributed by atoms with Crippen molar-refractivity contribution in [2.45, 2.75) is 19.9 Å². The zero-order chi connectivity index (χ0) is 17.4. The molecular formula is C19H19ClN4O. The molecule has 1 aliphatic rings. The lowest BCUT2D eigenvalue weighted by atomic mass is 10.1. The van der Waals surface area contributed by atoms with Gasteiger partial charge in [0.25, 0.3) is 0 Å². The SMILES string of the molecule is Cc1nc(-c2ccc(N3CCOCC3C)nc2)nc2cc(Cl)ccc12. The second kappa shape index (κ2) is 6.58. The van der Waals surface area contributed by atoms with E-state index < -0.39 is 0 Å². The molecule has 0 bridgehead atoms. The van der Waals surface area contributed by atoms with E-state index in [4.69, 9.17) is 16.3 Å². The van der Waals surface area contributed by atoms with E-state index in [9.17, 15) is 0 Å². The summed E-state index contributed by atoms with van der Waals surface area (Å²) in [5, 5.41) is 1.69. The maximum absolute atomic E-state index is 6.10. The fraction of sp³-hybridized carbons (Fsp3) is 0.316. The van der Waals surface area contributed by atoms with Crippen LogP contribution in [0.2, 0.25) is 5.02 Å². The van der Waals surface area contributed by atoms with Gasteiger partial charge in [0.2, 0.25) is 0 Å². The summed E-state index contributed by atoms with van der Waals surface area (Å²) < 4.78 is 5.49. The molecule has 4 rings (SSSR count). The van der Waals surface area contributed by atoms with Gasteiger partial charge in [0, 0.05) is 34.4 Å². The van der Waals surface area contributed by atoms with E-state index in [2.05, 4.69) is 26.8 Å². The largest absolute Gasteiger partial charge is 0.377 e. The number of nitrogens with zero attached hydrogens (tertiary/aromatic N) is 4. The molecule has 1 atom stereocenters. The summed E-state index contributed by atoms with van der Waals surface area (Å²) in [6, 6.07) is 10.1. The molecule has 1 aromatic carbocycles. The Hall–Kier alpha value is -2.24. The second-order valence-electron chi connectivity index (χ2n) is 6.32. The Bertz CT molecular complexity index is 913. The number of benzene rings is 1. The first-order chi connectivity index (χ1) is 12.1. The lowest BCUT2D eigenvalue weighted by Crippen LogP contribution is -2.44. The van der Waals surface area contributed by atoms with Crippen LogP contribution in [0.15, 0.2) is 36.5 Å². The van der Waals surface area contributed by atoms with Crippen molar-refractivity contribution < 1.29 is 4.74 Å². The highest BCUT2D eigenvalue weighted by atomic mass is 35.5. The van der Waals surface area contributed by atoms with Gasteiger partial charge in [0.15, 0.2) is 5.82 Å². The van der Waals surface area contributed by atoms with Crippen molar-refractivity contribution in [1.82, 2.24) is 15.0 Å². The van der Waals surface area contributed by atoms with E-state index in [1.54, 1.807) is 0 Å². The molecule has 2 aromatic heterocycles. The summed E-state index contributed by atoms with van der Waals surface area (Å²) >= 11 is 6.10. The van der Waals surface area contributed by atoms with Crippen LogP contribution in [0.25, 0.3) is 22.3 Å². The van der Waals surface area contributed by atoms with Crippen molar-refractivity contribution in [3.05, 3.63) is 47.2 Å². The Morgan fingerprint density at radius 3 is 2.84 bits per heavy atom. The number of morpholine rings is 1. The number of aryl methyl sites for hydroxylation is 1. The van der Waals surface area contributed by atoms with Crippen molar-refractivity contribution in [2.24, 2.45) is 0 Å². The van der Waals surface area contributed by atoms with Gasteiger partial charge in [-0.3, -0.25) is 0 Å². The molecule has 0 radical (unpaired) electrons. The van der Waals surface area contributed by atoms with Crippen LogP contribution in [-0.4, -0.2) is 40.8 Å². The van der Waals surface area contributed by atoms with Crippen molar-refractivity contribution in [3.8, 4) is 11.4 Å². The lowest BCUT2D eigenvalue weighted by molar-refractivity contribution is 0.0985. The standard InChI is InChI=1S/C19H19ClN4O/c1-12-11-25-8-7-24(12)18-6-3-14(10-21-18)19-22-13(2)16-5-4-15(20)9-17(16)23-19/h3-6,9-10,12H,7-8,11H2,1-2H3. The Morgan fingerprint density at radius 1 is 1.20 bits per heavy atom. The number of hydrogen-bond donors (Lipinski definition) is 0. The molecule has 5 nitrogen and oxygen atoms in total. The van der Waals surface area contributed by atoms with Crippen LogP contribution < -0.4 is 4.90 Å². The summed E-state index contributed by atoms with van der Waals surface area (Å²) in [6.45, 7) is 6.46. The van der Waals surface area contributed by atoms with Gasteiger partial charge in [-0.1, -0.05) is 11.6 Å². The molecule has 1 unspecified atom stereocenters. The van der Waals surface area contributed by atoms with E-state index in [1.165, 1.54) is 0 Å². The molecule has 0 amide bonds. The van der Waals surface area contributed by atoms with E-state index in [0.29, 0.717) is 16.9 Å². The summed E-state index contributed by atoms with van der Waals surface area (Å²) in [7, 11) is 0. The minimum atomic E-state index is 0.327. The summed E-state index contributed by atoms with van der Waals surface area (Å²) in [5.74, 6) is 1.63. The quantitative estimate of drug-likeness (QED) is 0.699. The van der Waals surface area contributed by atoms with Crippen molar-refractivity contribution in [1.29, 1.82) is 0 Å². The lowest BCUT2D eigenvalue weighted by Gasteiger charge is -2.34. The van der Waals surface area contributed by atoms with Crippen LogP contribution in [0.4, 0.5) is 5.82 Å². The third kappa shape index (κ3) is 3.17. The number of hydrogen-bond acceptors (Lipinski definition) is 5. The Kier molecular flexibility index (Phi) is 4.27. The molecule has 128 valence electrons. The fourth-order valence-electron chi connectivity index (χ4n) is 3.15. The predicted octanol–water partition coefficient (Wildman–Crippen LogP) is 3.88. The number of pyridine rings is 1. The van der Waals surface area contributed by atoms with E-state index in [1.807, 2.05) is 43.5 Å². The average molecular weight is 355 g/mol. The molecule has 1 saturated heterocycles. The number of rotatable bonds is 2. The molecule has 6 heteroatoms. The third-order valence-corrected chi connectivity index (χ3v) is 4.75. The van der Waals surface area contributed by atoms with Gasteiger partial charge >= 0.3 is 0 Å². The summed E-state index contributed by atoms with van der Waals surface area (Å²) in [5.41, 5.74) is 2.68. The minimum absolute atomic E-state index is 0.327. The average Bonchev–Trinajstić information content (AvgIpc) is 2.62. The second-order valence-corrected chi connectivity index (χ2v) is 6.75. The van der Waals surface area contributed by atoms with Crippen LogP contribution in [0.3, 0.4) is 0 Å². The number of ether oxygens (including phenoxy) is 1. The first-order valence-electron chi connectivity index (χ1n) is 8.36.